The third kappa shape index (κ3) is 4.48. The monoisotopic (exact) mass is 412 g/mol. The van der Waals surface area contributed by atoms with Crippen LogP contribution in [0.3, 0.4) is 0 Å². The van der Waals surface area contributed by atoms with Crippen LogP contribution in [-0.2, 0) is 0 Å². The van der Waals surface area contributed by atoms with E-state index in [2.05, 4.69) is 20.8 Å². The third-order valence-corrected chi connectivity index (χ3v) is 5.44. The number of carbonyl (C=O) groups is 1. The highest BCUT2D eigenvalue weighted by molar-refractivity contribution is 7.22. The molecule has 29 heavy (non-hydrogen) atoms. The molecule has 3 aromatic rings. The fraction of sp³-hybridized carbons (Fsp3) is 0.286. The summed E-state index contributed by atoms with van der Waals surface area (Å²) in [4.78, 5) is 17.5. The van der Waals surface area contributed by atoms with Crippen LogP contribution in [0.5, 0.6) is 11.5 Å². The molecule has 152 valence electrons. The number of anilines is 2. The molecule has 8 heteroatoms. The molecule has 2 aromatic carbocycles. The van der Waals surface area contributed by atoms with Gasteiger partial charge in [-0.1, -0.05) is 11.3 Å². The van der Waals surface area contributed by atoms with E-state index < -0.39 is 0 Å². The summed E-state index contributed by atoms with van der Waals surface area (Å²) in [5.74, 6) is 0.883. The highest BCUT2D eigenvalue weighted by Crippen LogP contribution is 2.35. The number of amides is 1. The SMILES string of the molecule is COc1cc(OC)cc(C(=O)Nc2c(C)cc3nc(NN=C(C)C)sc3c2C)c1. The third-order valence-electron chi connectivity index (χ3n) is 4.34. The van der Waals surface area contributed by atoms with Gasteiger partial charge in [-0.25, -0.2) is 4.98 Å². The molecule has 0 fully saturated rings. The quantitative estimate of drug-likeness (QED) is 0.440. The molecule has 0 aliphatic heterocycles. The Morgan fingerprint density at radius 2 is 1.72 bits per heavy atom. The Kier molecular flexibility index (Phi) is 6.03. The molecular weight excluding hydrogens is 388 g/mol. The number of benzene rings is 2. The lowest BCUT2D eigenvalue weighted by molar-refractivity contribution is 0.102. The van der Waals surface area contributed by atoms with Gasteiger partial charge in [-0.05, 0) is 57.0 Å². The lowest BCUT2D eigenvalue weighted by atomic mass is 10.1. The van der Waals surface area contributed by atoms with Gasteiger partial charge in [-0.3, -0.25) is 10.2 Å². The maximum Gasteiger partial charge on any atom is 0.255 e. The minimum Gasteiger partial charge on any atom is -0.497 e. The van der Waals surface area contributed by atoms with Crippen LogP contribution in [-0.4, -0.2) is 30.8 Å². The van der Waals surface area contributed by atoms with Crippen LogP contribution in [0.25, 0.3) is 10.2 Å². The first-order valence-electron chi connectivity index (χ1n) is 9.04. The van der Waals surface area contributed by atoms with Crippen molar-refractivity contribution in [2.75, 3.05) is 25.0 Å². The first-order valence-corrected chi connectivity index (χ1v) is 9.86. The van der Waals surface area contributed by atoms with E-state index in [4.69, 9.17) is 9.47 Å². The second-order valence-electron chi connectivity index (χ2n) is 6.79. The summed E-state index contributed by atoms with van der Waals surface area (Å²) >= 11 is 1.50. The molecule has 0 bridgehead atoms. The van der Waals surface area contributed by atoms with Crippen LogP contribution >= 0.6 is 11.3 Å². The topological polar surface area (TPSA) is 84.8 Å². The van der Waals surface area contributed by atoms with Crippen LogP contribution < -0.4 is 20.2 Å². The molecule has 0 saturated carbocycles. The molecule has 0 atom stereocenters. The van der Waals surface area contributed by atoms with Crippen LogP contribution in [0.4, 0.5) is 10.8 Å². The predicted molar refractivity (Wildman–Crippen MR) is 119 cm³/mol. The number of fused-ring (bicyclic) bond motifs is 1. The number of hydrogen-bond acceptors (Lipinski definition) is 7. The lowest BCUT2D eigenvalue weighted by Crippen LogP contribution is -2.14. The molecule has 7 nitrogen and oxygen atoms in total. The van der Waals surface area contributed by atoms with E-state index in [1.807, 2.05) is 33.8 Å². The van der Waals surface area contributed by atoms with Crippen molar-refractivity contribution in [2.24, 2.45) is 5.10 Å². The molecule has 1 amide bonds. The molecule has 0 aliphatic rings. The predicted octanol–water partition coefficient (Wildman–Crippen LogP) is 4.99. The molecule has 1 aromatic heterocycles. The normalized spacial score (nSPS) is 10.6. The standard InChI is InChI=1S/C21H24N4O3S/c1-11(2)24-25-21-22-17-7-12(3)18(13(4)19(17)29-21)23-20(26)14-8-15(27-5)10-16(9-14)28-6/h7-10H,1-6H3,(H,22,25)(H,23,26). The van der Waals surface area contributed by atoms with Gasteiger partial charge in [0.1, 0.15) is 11.5 Å². The zero-order valence-corrected chi connectivity index (χ0v) is 18.2. The molecule has 1 heterocycles. The molecule has 0 saturated heterocycles. The van der Waals surface area contributed by atoms with E-state index in [1.165, 1.54) is 11.3 Å². The molecule has 0 spiro atoms. The Hall–Kier alpha value is -3.13. The Bertz CT molecular complexity index is 1080. The zero-order chi connectivity index (χ0) is 21.1. The summed E-state index contributed by atoms with van der Waals surface area (Å²) in [6, 6.07) is 7.06. The number of nitrogens with one attached hydrogen (secondary N) is 2. The van der Waals surface area contributed by atoms with Crippen molar-refractivity contribution < 1.29 is 14.3 Å². The number of hydrogen-bond donors (Lipinski definition) is 2. The maximum atomic E-state index is 12.9. The molecule has 3 rings (SSSR count). The number of aromatic nitrogens is 1. The average Bonchev–Trinajstić information content (AvgIpc) is 3.11. The minimum absolute atomic E-state index is 0.234. The van der Waals surface area contributed by atoms with Gasteiger partial charge in [-0.2, -0.15) is 5.10 Å². The maximum absolute atomic E-state index is 12.9. The Balaban J connectivity index is 1.95. The van der Waals surface area contributed by atoms with Gasteiger partial charge in [0, 0.05) is 23.0 Å². The number of aryl methyl sites for hydroxylation is 2. The number of methoxy groups -OCH3 is 2. The largest absolute Gasteiger partial charge is 0.497 e. The fourth-order valence-electron chi connectivity index (χ4n) is 2.91. The minimum atomic E-state index is -0.234. The van der Waals surface area contributed by atoms with Gasteiger partial charge < -0.3 is 14.8 Å². The van der Waals surface area contributed by atoms with Crippen molar-refractivity contribution in [3.05, 3.63) is 41.0 Å². The summed E-state index contributed by atoms with van der Waals surface area (Å²) < 4.78 is 11.5. The Labute approximate surface area is 173 Å². The van der Waals surface area contributed by atoms with Gasteiger partial charge in [0.15, 0.2) is 0 Å². The highest BCUT2D eigenvalue weighted by Gasteiger charge is 2.16. The van der Waals surface area contributed by atoms with Crippen molar-refractivity contribution in [2.45, 2.75) is 27.7 Å². The van der Waals surface area contributed by atoms with Gasteiger partial charge in [0.25, 0.3) is 5.91 Å². The number of nitrogens with zero attached hydrogens (tertiary/aromatic N) is 2. The van der Waals surface area contributed by atoms with Crippen molar-refractivity contribution in [1.82, 2.24) is 4.98 Å². The van der Waals surface area contributed by atoms with Gasteiger partial charge in [0.2, 0.25) is 5.13 Å². The zero-order valence-electron chi connectivity index (χ0n) is 17.3. The summed E-state index contributed by atoms with van der Waals surface area (Å²) in [7, 11) is 3.11. The summed E-state index contributed by atoms with van der Waals surface area (Å²) in [5.41, 5.74) is 7.89. The average molecular weight is 413 g/mol. The number of rotatable bonds is 6. The van der Waals surface area contributed by atoms with Crippen molar-refractivity contribution in [3.63, 3.8) is 0 Å². The van der Waals surface area contributed by atoms with E-state index in [1.54, 1.807) is 32.4 Å². The molecule has 2 N–H and O–H groups in total. The van der Waals surface area contributed by atoms with E-state index >= 15 is 0 Å². The van der Waals surface area contributed by atoms with Crippen molar-refractivity contribution >= 4 is 44.0 Å². The van der Waals surface area contributed by atoms with E-state index in [-0.39, 0.29) is 5.91 Å². The summed E-state index contributed by atoms with van der Waals surface area (Å²) in [5, 5.41) is 7.95. The Morgan fingerprint density at radius 3 is 2.31 bits per heavy atom. The number of carbonyl (C=O) groups excluding carboxylic acids is 1. The molecular formula is C21H24N4O3S. The molecule has 0 radical (unpaired) electrons. The Morgan fingerprint density at radius 1 is 1.07 bits per heavy atom. The first kappa shape index (κ1) is 20.6. The van der Waals surface area contributed by atoms with Gasteiger partial charge in [0.05, 0.1) is 24.4 Å². The van der Waals surface area contributed by atoms with Crippen LogP contribution in [0.2, 0.25) is 0 Å². The smallest absolute Gasteiger partial charge is 0.255 e. The summed E-state index contributed by atoms with van der Waals surface area (Å²) in [6.07, 6.45) is 0. The van der Waals surface area contributed by atoms with E-state index in [0.717, 1.165) is 32.7 Å². The van der Waals surface area contributed by atoms with Crippen LogP contribution in [0, 0.1) is 13.8 Å². The van der Waals surface area contributed by atoms with Crippen LogP contribution in [0.15, 0.2) is 29.4 Å². The van der Waals surface area contributed by atoms with Gasteiger partial charge >= 0.3 is 0 Å². The number of ether oxygens (including phenoxy) is 2. The van der Waals surface area contributed by atoms with Crippen molar-refractivity contribution in [3.8, 4) is 11.5 Å². The molecule has 0 unspecified atom stereocenters. The van der Waals surface area contributed by atoms with Crippen LogP contribution in [0.1, 0.15) is 35.3 Å². The fourth-order valence-corrected chi connectivity index (χ4v) is 3.80. The first-order chi connectivity index (χ1) is 13.8. The second kappa shape index (κ2) is 8.48. The molecule has 0 aliphatic carbocycles. The highest BCUT2D eigenvalue weighted by atomic mass is 32.1. The van der Waals surface area contributed by atoms with E-state index in [0.29, 0.717) is 22.2 Å². The van der Waals surface area contributed by atoms with Crippen molar-refractivity contribution in [1.29, 1.82) is 0 Å². The number of hydrazone groups is 1. The second-order valence-corrected chi connectivity index (χ2v) is 7.79. The van der Waals surface area contributed by atoms with Gasteiger partial charge in [-0.15, -0.1) is 0 Å². The lowest BCUT2D eigenvalue weighted by Gasteiger charge is -2.13. The summed E-state index contributed by atoms with van der Waals surface area (Å²) in [6.45, 7) is 7.76. The van der Waals surface area contributed by atoms with E-state index in [9.17, 15) is 4.79 Å². The number of thiazole rings is 1.